The van der Waals surface area contributed by atoms with Gasteiger partial charge in [0.05, 0.1) is 6.26 Å². The fraction of sp³-hybridized carbons (Fsp3) is 0.611. The average molecular weight is 350 g/mol. The lowest BCUT2D eigenvalue weighted by atomic mass is 9.99. The van der Waals surface area contributed by atoms with E-state index in [-0.39, 0.29) is 17.9 Å². The maximum Gasteiger partial charge on any atom is 0.253 e. The highest BCUT2D eigenvalue weighted by Gasteiger charge is 2.36. The van der Waals surface area contributed by atoms with E-state index < -0.39 is 10.0 Å². The first-order chi connectivity index (χ1) is 11.4. The first-order valence-electron chi connectivity index (χ1n) is 8.75. The first-order valence-corrected chi connectivity index (χ1v) is 10.6. The molecular weight excluding hydrogens is 324 g/mol. The lowest BCUT2D eigenvalue weighted by Crippen LogP contribution is -2.40. The third kappa shape index (κ3) is 3.81. The molecule has 1 aliphatic heterocycles. The van der Waals surface area contributed by atoms with Gasteiger partial charge in [-0.3, -0.25) is 4.79 Å². The van der Waals surface area contributed by atoms with Gasteiger partial charge in [-0.1, -0.05) is 19.4 Å². The van der Waals surface area contributed by atoms with Gasteiger partial charge in [0.25, 0.3) is 5.91 Å². The third-order valence-corrected chi connectivity index (χ3v) is 5.83. The number of nitrogens with zero attached hydrogens (tertiary/aromatic N) is 1. The van der Waals surface area contributed by atoms with Gasteiger partial charge in [-0.15, -0.1) is 0 Å². The standard InChI is InChI=1S/C18H26N2O3S/c1-3-5-16-11-20(12-17(16)19-24(2,22)23)18(21)15-9-8-13-6-4-7-14(13)10-15/h8-10,16-17,19H,3-7,11-12H2,1-2H3/t16-,17-/m0/s1. The van der Waals surface area contributed by atoms with E-state index >= 15 is 0 Å². The predicted octanol–water partition coefficient (Wildman–Crippen LogP) is 1.97. The lowest BCUT2D eigenvalue weighted by Gasteiger charge is -2.17. The van der Waals surface area contributed by atoms with E-state index in [1.807, 2.05) is 12.1 Å². The number of benzene rings is 1. The van der Waals surface area contributed by atoms with E-state index in [0.29, 0.717) is 13.1 Å². The SMILES string of the molecule is CCC[C@H]1CN(C(=O)c2ccc3c(c2)CCC3)C[C@@H]1NS(C)(=O)=O. The summed E-state index contributed by atoms with van der Waals surface area (Å²) in [7, 11) is -3.27. The van der Waals surface area contributed by atoms with Gasteiger partial charge in [0.15, 0.2) is 0 Å². The molecule has 0 unspecified atom stereocenters. The number of fused-ring (bicyclic) bond motifs is 1. The summed E-state index contributed by atoms with van der Waals surface area (Å²) in [6.45, 7) is 3.16. The molecule has 0 bridgehead atoms. The van der Waals surface area contributed by atoms with Crippen molar-refractivity contribution in [1.29, 1.82) is 0 Å². The van der Waals surface area contributed by atoms with E-state index in [2.05, 4.69) is 17.7 Å². The van der Waals surface area contributed by atoms with Gasteiger partial charge in [0.1, 0.15) is 0 Å². The van der Waals surface area contributed by atoms with Gasteiger partial charge < -0.3 is 4.90 Å². The molecule has 1 aliphatic carbocycles. The Labute approximate surface area is 144 Å². The highest BCUT2D eigenvalue weighted by molar-refractivity contribution is 7.88. The van der Waals surface area contributed by atoms with Crippen LogP contribution in [-0.2, 0) is 22.9 Å². The quantitative estimate of drug-likeness (QED) is 0.883. The molecule has 2 aliphatic rings. The van der Waals surface area contributed by atoms with Crippen molar-refractivity contribution in [3.63, 3.8) is 0 Å². The number of carbonyl (C=O) groups excluding carboxylic acids is 1. The largest absolute Gasteiger partial charge is 0.337 e. The molecule has 3 rings (SSSR count). The molecule has 132 valence electrons. The third-order valence-electron chi connectivity index (χ3n) is 5.10. The molecule has 1 N–H and O–H groups in total. The van der Waals surface area contributed by atoms with Crippen molar-refractivity contribution in [3.05, 3.63) is 34.9 Å². The Bertz CT molecular complexity index is 730. The molecule has 1 fully saturated rings. The van der Waals surface area contributed by atoms with Crippen molar-refractivity contribution < 1.29 is 13.2 Å². The summed E-state index contributed by atoms with van der Waals surface area (Å²) in [4.78, 5) is 14.7. The maximum absolute atomic E-state index is 12.9. The first kappa shape index (κ1) is 17.4. The molecule has 0 saturated carbocycles. The van der Waals surface area contributed by atoms with Crippen LogP contribution in [0.1, 0.15) is 47.7 Å². The number of carbonyl (C=O) groups is 1. The monoisotopic (exact) mass is 350 g/mol. The van der Waals surface area contributed by atoms with E-state index in [1.165, 1.54) is 17.4 Å². The molecule has 0 aromatic heterocycles. The van der Waals surface area contributed by atoms with Gasteiger partial charge in [0, 0.05) is 24.7 Å². The number of nitrogens with one attached hydrogen (secondary N) is 1. The molecule has 1 heterocycles. The maximum atomic E-state index is 12.9. The normalized spacial score (nSPS) is 23.5. The van der Waals surface area contributed by atoms with Crippen molar-refractivity contribution in [1.82, 2.24) is 9.62 Å². The van der Waals surface area contributed by atoms with Gasteiger partial charge in [0.2, 0.25) is 10.0 Å². The molecule has 1 aromatic rings. The summed E-state index contributed by atoms with van der Waals surface area (Å²) in [6, 6.07) is 5.83. The van der Waals surface area contributed by atoms with Crippen LogP contribution in [-0.4, -0.2) is 44.6 Å². The second-order valence-corrected chi connectivity index (χ2v) is 8.87. The minimum absolute atomic E-state index is 0.0172. The number of rotatable bonds is 5. The van der Waals surface area contributed by atoms with E-state index in [9.17, 15) is 13.2 Å². The zero-order valence-electron chi connectivity index (χ0n) is 14.4. The Balaban J connectivity index is 1.75. The summed E-state index contributed by atoms with van der Waals surface area (Å²) < 4.78 is 25.9. The van der Waals surface area contributed by atoms with Crippen molar-refractivity contribution in [3.8, 4) is 0 Å². The molecule has 1 amide bonds. The summed E-state index contributed by atoms with van der Waals surface area (Å²) in [5.41, 5.74) is 3.37. The van der Waals surface area contributed by atoms with Crippen LogP contribution in [0.15, 0.2) is 18.2 Å². The van der Waals surface area contributed by atoms with E-state index in [1.54, 1.807) is 4.90 Å². The van der Waals surface area contributed by atoms with Crippen LogP contribution < -0.4 is 4.72 Å². The minimum Gasteiger partial charge on any atom is -0.337 e. The van der Waals surface area contributed by atoms with E-state index in [4.69, 9.17) is 0 Å². The van der Waals surface area contributed by atoms with Crippen LogP contribution >= 0.6 is 0 Å². The summed E-state index contributed by atoms with van der Waals surface area (Å²) in [5.74, 6) is 0.201. The average Bonchev–Trinajstić information content (AvgIpc) is 3.12. The van der Waals surface area contributed by atoms with Gasteiger partial charge in [-0.05, 0) is 54.9 Å². The Kier molecular flexibility index (Phi) is 4.97. The number of amides is 1. The molecule has 6 heteroatoms. The number of hydrogen-bond donors (Lipinski definition) is 1. The summed E-state index contributed by atoms with van der Waals surface area (Å²) >= 11 is 0. The van der Waals surface area contributed by atoms with Crippen LogP contribution in [0.25, 0.3) is 0 Å². The second kappa shape index (κ2) is 6.84. The second-order valence-electron chi connectivity index (χ2n) is 7.09. The molecule has 1 saturated heterocycles. The van der Waals surface area contributed by atoms with Crippen LogP contribution in [0, 0.1) is 5.92 Å². The molecule has 5 nitrogen and oxygen atoms in total. The molecule has 24 heavy (non-hydrogen) atoms. The van der Waals surface area contributed by atoms with Gasteiger partial charge >= 0.3 is 0 Å². The topological polar surface area (TPSA) is 66.5 Å². The molecular formula is C18H26N2O3S. The van der Waals surface area contributed by atoms with Crippen LogP contribution in [0.5, 0.6) is 0 Å². The molecule has 2 atom stereocenters. The highest BCUT2D eigenvalue weighted by atomic mass is 32.2. The number of aryl methyl sites for hydroxylation is 2. The van der Waals surface area contributed by atoms with Crippen molar-refractivity contribution in [2.24, 2.45) is 5.92 Å². The zero-order valence-corrected chi connectivity index (χ0v) is 15.2. The number of likely N-dealkylation sites (tertiary alicyclic amines) is 1. The summed E-state index contributed by atoms with van der Waals surface area (Å²) in [5, 5.41) is 0. The Morgan fingerprint density at radius 1 is 1.25 bits per heavy atom. The summed E-state index contributed by atoms with van der Waals surface area (Å²) in [6.07, 6.45) is 6.39. The van der Waals surface area contributed by atoms with Crippen molar-refractivity contribution in [2.45, 2.75) is 45.1 Å². The highest BCUT2D eigenvalue weighted by Crippen LogP contribution is 2.27. The molecule has 0 radical (unpaired) electrons. The number of sulfonamides is 1. The predicted molar refractivity (Wildman–Crippen MR) is 94.5 cm³/mol. The van der Waals surface area contributed by atoms with E-state index in [0.717, 1.165) is 37.7 Å². The number of hydrogen-bond acceptors (Lipinski definition) is 3. The minimum atomic E-state index is -3.27. The van der Waals surface area contributed by atoms with Gasteiger partial charge in [-0.2, -0.15) is 0 Å². The smallest absolute Gasteiger partial charge is 0.253 e. The van der Waals surface area contributed by atoms with Crippen LogP contribution in [0.4, 0.5) is 0 Å². The van der Waals surface area contributed by atoms with Crippen molar-refractivity contribution in [2.75, 3.05) is 19.3 Å². The Morgan fingerprint density at radius 3 is 2.71 bits per heavy atom. The zero-order chi connectivity index (χ0) is 17.3. The van der Waals surface area contributed by atoms with Crippen LogP contribution in [0.2, 0.25) is 0 Å². The molecule has 0 spiro atoms. The fourth-order valence-electron chi connectivity index (χ4n) is 4.00. The van der Waals surface area contributed by atoms with Crippen molar-refractivity contribution >= 4 is 15.9 Å². The Hall–Kier alpha value is -1.40. The fourth-order valence-corrected chi connectivity index (χ4v) is 4.81. The lowest BCUT2D eigenvalue weighted by molar-refractivity contribution is 0.0785. The van der Waals surface area contributed by atoms with Gasteiger partial charge in [-0.25, -0.2) is 13.1 Å². The van der Waals surface area contributed by atoms with Crippen LogP contribution in [0.3, 0.4) is 0 Å². The molecule has 1 aromatic carbocycles. The Morgan fingerprint density at radius 2 is 2.00 bits per heavy atom.